The van der Waals surface area contributed by atoms with Crippen LogP contribution in [-0.2, 0) is 17.4 Å². The van der Waals surface area contributed by atoms with Crippen molar-refractivity contribution < 1.29 is 31.9 Å². The van der Waals surface area contributed by atoms with Crippen LogP contribution in [0, 0.1) is 0 Å². The molecule has 18 heavy (non-hydrogen) atoms. The van der Waals surface area contributed by atoms with E-state index >= 15 is 0 Å². The van der Waals surface area contributed by atoms with Gasteiger partial charge in [0.25, 0.3) is 6.43 Å². The van der Waals surface area contributed by atoms with Gasteiger partial charge in [0, 0.05) is 0 Å². The summed E-state index contributed by atoms with van der Waals surface area (Å²) in [6.07, 6.45) is -9.30. The highest BCUT2D eigenvalue weighted by Gasteiger charge is 2.37. The van der Waals surface area contributed by atoms with Gasteiger partial charge in [-0.2, -0.15) is 13.2 Å². The predicted molar refractivity (Wildman–Crippen MR) is 49.9 cm³/mol. The molecule has 0 atom stereocenters. The second-order valence-corrected chi connectivity index (χ2v) is 3.34. The van der Waals surface area contributed by atoms with Gasteiger partial charge in [0.2, 0.25) is 0 Å². The molecule has 1 rings (SSSR count). The Morgan fingerprint density at radius 1 is 1.44 bits per heavy atom. The van der Waals surface area contributed by atoms with Gasteiger partial charge in [0.05, 0.1) is 12.1 Å². The Labute approximate surface area is 97.2 Å². The standard InChI is InChI=1S/C9H7F5N2O2/c10-8(11)6-4(15)1-3(2-5(17)18)7(16-6)9(12,13)14/h1,8H,2,15H2,(H,17,18). The van der Waals surface area contributed by atoms with Gasteiger partial charge in [0.1, 0.15) is 11.4 Å². The third kappa shape index (κ3) is 3.05. The van der Waals surface area contributed by atoms with Crippen LogP contribution >= 0.6 is 0 Å². The Morgan fingerprint density at radius 3 is 2.39 bits per heavy atom. The highest BCUT2D eigenvalue weighted by atomic mass is 19.4. The third-order valence-corrected chi connectivity index (χ3v) is 1.98. The lowest BCUT2D eigenvalue weighted by Gasteiger charge is -2.14. The zero-order valence-corrected chi connectivity index (χ0v) is 8.63. The summed E-state index contributed by atoms with van der Waals surface area (Å²) in [7, 11) is 0. The van der Waals surface area contributed by atoms with Gasteiger partial charge in [-0.1, -0.05) is 0 Å². The van der Waals surface area contributed by atoms with Gasteiger partial charge >= 0.3 is 12.1 Å². The van der Waals surface area contributed by atoms with Crippen molar-refractivity contribution in [1.82, 2.24) is 4.98 Å². The fourth-order valence-electron chi connectivity index (χ4n) is 1.30. The second kappa shape index (κ2) is 4.75. The lowest BCUT2D eigenvalue weighted by Crippen LogP contribution is -2.17. The number of nitrogens with zero attached hydrogens (tertiary/aromatic N) is 1. The highest BCUT2D eigenvalue weighted by molar-refractivity contribution is 5.71. The van der Waals surface area contributed by atoms with Crippen molar-refractivity contribution in [2.45, 2.75) is 19.0 Å². The second-order valence-electron chi connectivity index (χ2n) is 3.34. The minimum Gasteiger partial charge on any atom is -0.481 e. The molecular weight excluding hydrogens is 263 g/mol. The number of pyridine rings is 1. The van der Waals surface area contributed by atoms with E-state index in [9.17, 15) is 26.7 Å². The van der Waals surface area contributed by atoms with Crippen LogP contribution in [0.25, 0.3) is 0 Å². The first kappa shape index (κ1) is 14.1. The first-order valence-corrected chi connectivity index (χ1v) is 4.49. The smallest absolute Gasteiger partial charge is 0.433 e. The molecule has 1 heterocycles. The molecule has 0 aromatic carbocycles. The average molecular weight is 270 g/mol. The van der Waals surface area contributed by atoms with Gasteiger partial charge in [0.15, 0.2) is 0 Å². The van der Waals surface area contributed by atoms with Crippen LogP contribution in [0.3, 0.4) is 0 Å². The molecular formula is C9H7F5N2O2. The molecule has 0 aliphatic heterocycles. The quantitative estimate of drug-likeness (QED) is 0.826. The van der Waals surface area contributed by atoms with Gasteiger partial charge < -0.3 is 10.8 Å². The molecule has 3 N–H and O–H groups in total. The maximum absolute atomic E-state index is 12.5. The minimum absolute atomic E-state index is 0.561. The van der Waals surface area contributed by atoms with E-state index in [4.69, 9.17) is 10.8 Å². The van der Waals surface area contributed by atoms with Crippen LogP contribution < -0.4 is 5.73 Å². The summed E-state index contributed by atoms with van der Waals surface area (Å²) < 4.78 is 62.3. The number of carboxylic acid groups (broad SMARTS) is 1. The Bertz CT molecular complexity index is 473. The number of halogens is 5. The molecule has 0 aliphatic carbocycles. The van der Waals surface area contributed by atoms with Crippen molar-refractivity contribution >= 4 is 11.7 Å². The van der Waals surface area contributed by atoms with Gasteiger partial charge in [-0.3, -0.25) is 4.79 Å². The molecule has 0 saturated carbocycles. The third-order valence-electron chi connectivity index (χ3n) is 1.98. The summed E-state index contributed by atoms with van der Waals surface area (Å²) >= 11 is 0. The molecule has 0 amide bonds. The fourth-order valence-corrected chi connectivity index (χ4v) is 1.30. The lowest BCUT2D eigenvalue weighted by molar-refractivity contribution is -0.142. The van der Waals surface area contributed by atoms with Crippen LogP contribution in [-0.4, -0.2) is 16.1 Å². The van der Waals surface area contributed by atoms with E-state index in [1.54, 1.807) is 0 Å². The number of hydrogen-bond donors (Lipinski definition) is 2. The lowest BCUT2D eigenvalue weighted by atomic mass is 10.1. The van der Waals surface area contributed by atoms with Crippen molar-refractivity contribution in [3.05, 3.63) is 23.0 Å². The maximum atomic E-state index is 12.5. The van der Waals surface area contributed by atoms with Crippen LogP contribution in [0.2, 0.25) is 0 Å². The number of carboxylic acids is 1. The van der Waals surface area contributed by atoms with E-state index in [-0.39, 0.29) is 0 Å². The summed E-state index contributed by atoms with van der Waals surface area (Å²) in [5, 5.41) is 8.44. The molecule has 0 aliphatic rings. The molecule has 0 unspecified atom stereocenters. The molecule has 1 aromatic rings. The van der Waals surface area contributed by atoms with E-state index in [0.717, 1.165) is 0 Å². The average Bonchev–Trinajstić information content (AvgIpc) is 2.13. The van der Waals surface area contributed by atoms with E-state index < -0.39 is 47.6 Å². The van der Waals surface area contributed by atoms with Crippen LogP contribution in [0.4, 0.5) is 27.6 Å². The predicted octanol–water partition coefficient (Wildman–Crippen LogP) is 2.25. The number of nitrogen functional groups attached to an aromatic ring is 1. The van der Waals surface area contributed by atoms with Crippen LogP contribution in [0.1, 0.15) is 23.4 Å². The number of nitrogens with two attached hydrogens (primary N) is 1. The minimum atomic E-state index is -5.03. The first-order valence-electron chi connectivity index (χ1n) is 4.49. The van der Waals surface area contributed by atoms with Crippen LogP contribution in [0.15, 0.2) is 6.07 Å². The number of alkyl halides is 5. The number of rotatable bonds is 3. The topological polar surface area (TPSA) is 76.2 Å². The van der Waals surface area contributed by atoms with Crippen LogP contribution in [0.5, 0.6) is 0 Å². The summed E-state index contributed by atoms with van der Waals surface area (Å²) in [6.45, 7) is 0. The first-order chi connectivity index (χ1) is 8.12. The molecule has 0 spiro atoms. The van der Waals surface area contributed by atoms with Gasteiger partial charge in [-0.05, 0) is 11.6 Å². The Balaban J connectivity index is 3.42. The molecule has 100 valence electrons. The van der Waals surface area contributed by atoms with Crippen molar-refractivity contribution in [2.24, 2.45) is 0 Å². The molecule has 9 heteroatoms. The summed E-state index contributed by atoms with van der Waals surface area (Å²) in [4.78, 5) is 13.1. The fraction of sp³-hybridized carbons (Fsp3) is 0.333. The molecule has 0 saturated heterocycles. The monoisotopic (exact) mass is 270 g/mol. The maximum Gasteiger partial charge on any atom is 0.433 e. The van der Waals surface area contributed by atoms with Crippen molar-refractivity contribution in [3.8, 4) is 0 Å². The number of anilines is 1. The SMILES string of the molecule is Nc1cc(CC(=O)O)c(C(F)(F)F)nc1C(F)F. The van der Waals surface area contributed by atoms with E-state index in [2.05, 4.69) is 4.98 Å². The van der Waals surface area contributed by atoms with Gasteiger partial charge in [-0.25, -0.2) is 13.8 Å². The zero-order valence-electron chi connectivity index (χ0n) is 8.63. The number of aliphatic carboxylic acids is 1. The molecule has 4 nitrogen and oxygen atoms in total. The van der Waals surface area contributed by atoms with Gasteiger partial charge in [-0.15, -0.1) is 0 Å². The summed E-state index contributed by atoms with van der Waals surface area (Å²) in [5.41, 5.74) is 0.813. The number of carbonyl (C=O) groups is 1. The molecule has 0 bridgehead atoms. The Kier molecular flexibility index (Phi) is 3.73. The number of aromatic nitrogens is 1. The van der Waals surface area contributed by atoms with E-state index in [1.165, 1.54) is 0 Å². The van der Waals surface area contributed by atoms with Crippen molar-refractivity contribution in [1.29, 1.82) is 0 Å². The van der Waals surface area contributed by atoms with E-state index in [1.807, 2.05) is 0 Å². The highest BCUT2D eigenvalue weighted by Crippen LogP contribution is 2.34. The summed E-state index contributed by atoms with van der Waals surface area (Å²) in [5.74, 6) is -1.55. The van der Waals surface area contributed by atoms with Crippen molar-refractivity contribution in [3.63, 3.8) is 0 Å². The molecule has 0 fully saturated rings. The zero-order chi connectivity index (χ0) is 14.1. The summed E-state index contributed by atoms with van der Waals surface area (Å²) in [6, 6.07) is 0.561. The number of hydrogen-bond acceptors (Lipinski definition) is 3. The molecule has 1 aromatic heterocycles. The largest absolute Gasteiger partial charge is 0.481 e. The molecule has 0 radical (unpaired) electrons. The Hall–Kier alpha value is -1.93. The Morgan fingerprint density at radius 2 is 2.00 bits per heavy atom. The normalized spacial score (nSPS) is 11.9. The van der Waals surface area contributed by atoms with E-state index in [0.29, 0.717) is 6.07 Å². The van der Waals surface area contributed by atoms with Crippen molar-refractivity contribution in [2.75, 3.05) is 5.73 Å².